The summed E-state index contributed by atoms with van der Waals surface area (Å²) >= 11 is 0. The predicted molar refractivity (Wildman–Crippen MR) is 96.5 cm³/mol. The minimum Gasteiger partial charge on any atom is -0.351 e. The molecule has 25 heavy (non-hydrogen) atoms. The molecule has 0 spiro atoms. The molecule has 0 unspecified atom stereocenters. The molecule has 2 aromatic rings. The van der Waals surface area contributed by atoms with Crippen LogP contribution in [0.2, 0.25) is 0 Å². The van der Waals surface area contributed by atoms with E-state index in [4.69, 9.17) is 0 Å². The third kappa shape index (κ3) is 2.90. The third-order valence-electron chi connectivity index (χ3n) is 4.99. The Morgan fingerprint density at radius 2 is 1.72 bits per heavy atom. The van der Waals surface area contributed by atoms with E-state index in [2.05, 4.69) is 16.0 Å². The zero-order chi connectivity index (χ0) is 17.2. The van der Waals surface area contributed by atoms with Gasteiger partial charge >= 0.3 is 5.69 Å². The lowest BCUT2D eigenvalue weighted by atomic mass is 10.0. The van der Waals surface area contributed by atoms with Crippen molar-refractivity contribution in [1.82, 2.24) is 9.97 Å². The van der Waals surface area contributed by atoms with Crippen LogP contribution < -0.4 is 9.80 Å². The number of piperidine rings is 1. The highest BCUT2D eigenvalue weighted by atomic mass is 16.6. The Hall–Kier alpha value is -2.70. The van der Waals surface area contributed by atoms with Gasteiger partial charge in [0.1, 0.15) is 6.33 Å². The zero-order valence-electron chi connectivity index (χ0n) is 14.1. The SMILES string of the molecule is O=[N+]([O-])c1c(N2CCCCC2)ncnc1N1CCCc2ccccc21. The normalized spacial score (nSPS) is 17.3. The fraction of sp³-hybridized carbons (Fsp3) is 0.444. The first-order chi connectivity index (χ1) is 12.3. The van der Waals surface area contributed by atoms with E-state index in [-0.39, 0.29) is 10.6 Å². The highest BCUT2D eigenvalue weighted by molar-refractivity contribution is 5.77. The number of anilines is 3. The average Bonchev–Trinajstić information content (AvgIpc) is 2.67. The van der Waals surface area contributed by atoms with Crippen LogP contribution in [0.5, 0.6) is 0 Å². The lowest BCUT2D eigenvalue weighted by Crippen LogP contribution is -2.32. The molecule has 2 aliphatic heterocycles. The minimum atomic E-state index is -0.323. The van der Waals surface area contributed by atoms with E-state index in [1.165, 1.54) is 18.3 Å². The fourth-order valence-electron chi connectivity index (χ4n) is 3.81. The van der Waals surface area contributed by atoms with Crippen LogP contribution >= 0.6 is 0 Å². The van der Waals surface area contributed by atoms with Gasteiger partial charge in [-0.1, -0.05) is 18.2 Å². The first-order valence-electron chi connectivity index (χ1n) is 8.85. The number of rotatable bonds is 3. The molecule has 1 aromatic carbocycles. The molecule has 7 nitrogen and oxygen atoms in total. The van der Waals surface area contributed by atoms with Gasteiger partial charge in [-0.05, 0) is 43.7 Å². The number of benzene rings is 1. The highest BCUT2D eigenvalue weighted by Crippen LogP contribution is 2.40. The van der Waals surface area contributed by atoms with Crippen molar-refractivity contribution >= 4 is 23.0 Å². The van der Waals surface area contributed by atoms with Gasteiger partial charge < -0.3 is 9.80 Å². The van der Waals surface area contributed by atoms with Crippen LogP contribution in [0.25, 0.3) is 0 Å². The number of nitro groups is 1. The summed E-state index contributed by atoms with van der Waals surface area (Å²) in [5, 5.41) is 11.9. The minimum absolute atomic E-state index is 0.0288. The molecule has 1 saturated heterocycles. The molecule has 130 valence electrons. The summed E-state index contributed by atoms with van der Waals surface area (Å²) in [5.74, 6) is 0.866. The molecule has 0 bridgehead atoms. The summed E-state index contributed by atoms with van der Waals surface area (Å²) < 4.78 is 0. The van der Waals surface area contributed by atoms with Crippen molar-refractivity contribution in [3.63, 3.8) is 0 Å². The van der Waals surface area contributed by atoms with Crippen LogP contribution in [0, 0.1) is 10.1 Å². The van der Waals surface area contributed by atoms with Gasteiger partial charge in [-0.3, -0.25) is 10.1 Å². The maximum absolute atomic E-state index is 11.9. The Bertz CT molecular complexity index is 789. The lowest BCUT2D eigenvalue weighted by molar-refractivity contribution is -0.383. The van der Waals surface area contributed by atoms with Gasteiger partial charge in [-0.25, -0.2) is 9.97 Å². The average molecular weight is 339 g/mol. The number of hydrogen-bond donors (Lipinski definition) is 0. The molecular weight excluding hydrogens is 318 g/mol. The van der Waals surface area contributed by atoms with Gasteiger partial charge in [0.25, 0.3) is 0 Å². The van der Waals surface area contributed by atoms with Crippen molar-refractivity contribution in [2.45, 2.75) is 32.1 Å². The Morgan fingerprint density at radius 3 is 2.52 bits per heavy atom. The number of fused-ring (bicyclic) bond motifs is 1. The smallest absolute Gasteiger partial charge is 0.351 e. The van der Waals surface area contributed by atoms with Gasteiger partial charge in [0.15, 0.2) is 0 Å². The van der Waals surface area contributed by atoms with Crippen molar-refractivity contribution in [2.75, 3.05) is 29.4 Å². The standard InChI is InChI=1S/C18H21N5O2/c24-23(25)16-17(21-10-4-1-5-11-21)19-13-20-18(16)22-12-6-8-14-7-2-3-9-15(14)22/h2-3,7,9,13H,1,4-6,8,10-12H2. The molecule has 2 aliphatic rings. The van der Waals surface area contributed by atoms with Crippen LogP contribution in [0.3, 0.4) is 0 Å². The van der Waals surface area contributed by atoms with E-state index in [1.807, 2.05) is 28.0 Å². The zero-order valence-corrected chi connectivity index (χ0v) is 14.1. The van der Waals surface area contributed by atoms with Crippen molar-refractivity contribution in [1.29, 1.82) is 0 Å². The quantitative estimate of drug-likeness (QED) is 0.630. The topological polar surface area (TPSA) is 75.4 Å². The van der Waals surface area contributed by atoms with Crippen LogP contribution in [0.4, 0.5) is 23.0 Å². The molecule has 0 saturated carbocycles. The summed E-state index contributed by atoms with van der Waals surface area (Å²) in [6, 6.07) is 8.08. The maximum atomic E-state index is 11.9. The van der Waals surface area contributed by atoms with E-state index < -0.39 is 0 Å². The number of aryl methyl sites for hydroxylation is 1. The highest BCUT2D eigenvalue weighted by Gasteiger charge is 2.32. The van der Waals surface area contributed by atoms with Crippen LogP contribution in [0.15, 0.2) is 30.6 Å². The van der Waals surface area contributed by atoms with Crippen LogP contribution in [-0.4, -0.2) is 34.5 Å². The summed E-state index contributed by atoms with van der Waals surface area (Å²) in [7, 11) is 0. The molecular formula is C18H21N5O2. The first kappa shape index (κ1) is 15.8. The number of nitrogens with zero attached hydrogens (tertiary/aromatic N) is 5. The van der Waals surface area contributed by atoms with Crippen molar-refractivity contribution in [3.8, 4) is 0 Å². The van der Waals surface area contributed by atoms with E-state index in [1.54, 1.807) is 0 Å². The van der Waals surface area contributed by atoms with Gasteiger partial charge in [0.05, 0.1) is 4.92 Å². The molecule has 0 amide bonds. The number of hydrogen-bond acceptors (Lipinski definition) is 6. The van der Waals surface area contributed by atoms with Gasteiger partial charge in [0, 0.05) is 25.3 Å². The van der Waals surface area contributed by atoms with Crippen LogP contribution in [-0.2, 0) is 6.42 Å². The summed E-state index contributed by atoms with van der Waals surface area (Å²) in [4.78, 5) is 24.2. The Labute approximate surface area is 146 Å². The Balaban J connectivity index is 1.81. The second-order valence-corrected chi connectivity index (χ2v) is 6.56. The van der Waals surface area contributed by atoms with Gasteiger partial charge in [-0.2, -0.15) is 0 Å². The fourth-order valence-corrected chi connectivity index (χ4v) is 3.81. The number of aromatic nitrogens is 2. The van der Waals surface area contributed by atoms with Crippen molar-refractivity contribution in [2.24, 2.45) is 0 Å². The molecule has 0 N–H and O–H groups in total. The Morgan fingerprint density at radius 1 is 0.960 bits per heavy atom. The maximum Gasteiger partial charge on any atom is 0.353 e. The predicted octanol–water partition coefficient (Wildman–Crippen LogP) is 3.46. The molecule has 1 aromatic heterocycles. The summed E-state index contributed by atoms with van der Waals surface area (Å²) in [5.41, 5.74) is 2.25. The molecule has 0 atom stereocenters. The van der Waals surface area contributed by atoms with E-state index in [9.17, 15) is 10.1 Å². The van der Waals surface area contributed by atoms with E-state index in [0.717, 1.165) is 51.0 Å². The molecule has 7 heteroatoms. The molecule has 0 radical (unpaired) electrons. The first-order valence-corrected chi connectivity index (χ1v) is 8.85. The van der Waals surface area contributed by atoms with Crippen molar-refractivity contribution < 1.29 is 4.92 Å². The molecule has 3 heterocycles. The lowest BCUT2D eigenvalue weighted by Gasteiger charge is -2.31. The second kappa shape index (κ2) is 6.66. The molecule has 4 rings (SSSR count). The van der Waals surface area contributed by atoms with Gasteiger partial charge in [-0.15, -0.1) is 0 Å². The summed E-state index contributed by atoms with van der Waals surface area (Å²) in [6.07, 6.45) is 6.67. The molecule has 1 fully saturated rings. The van der Waals surface area contributed by atoms with E-state index >= 15 is 0 Å². The largest absolute Gasteiger partial charge is 0.353 e. The summed E-state index contributed by atoms with van der Waals surface area (Å²) in [6.45, 7) is 2.36. The monoisotopic (exact) mass is 339 g/mol. The van der Waals surface area contributed by atoms with E-state index in [0.29, 0.717) is 11.6 Å². The molecule has 0 aliphatic carbocycles. The van der Waals surface area contributed by atoms with Gasteiger partial charge in [0.2, 0.25) is 11.6 Å². The van der Waals surface area contributed by atoms with Crippen LogP contribution in [0.1, 0.15) is 31.2 Å². The number of para-hydroxylation sites is 1. The second-order valence-electron chi connectivity index (χ2n) is 6.56. The Kier molecular flexibility index (Phi) is 4.21. The third-order valence-corrected chi connectivity index (χ3v) is 4.99. The van der Waals surface area contributed by atoms with Crippen molar-refractivity contribution in [3.05, 3.63) is 46.3 Å².